The summed E-state index contributed by atoms with van der Waals surface area (Å²) in [5.41, 5.74) is 1.38. The topological polar surface area (TPSA) is 23.8 Å². The maximum Gasteiger partial charge on any atom is 0.0911 e. The van der Waals surface area contributed by atoms with Gasteiger partial charge in [0.2, 0.25) is 0 Å². The SMILES string of the molecule is CCCC1CCCC(=CC#N)CC1. The molecular formula is C12H19N. The van der Waals surface area contributed by atoms with Crippen molar-refractivity contribution in [3.05, 3.63) is 11.6 Å². The van der Waals surface area contributed by atoms with Crippen molar-refractivity contribution in [2.75, 3.05) is 0 Å². The van der Waals surface area contributed by atoms with E-state index >= 15 is 0 Å². The maximum atomic E-state index is 8.55. The first kappa shape index (κ1) is 10.3. The third kappa shape index (κ3) is 3.63. The van der Waals surface area contributed by atoms with E-state index in [0.29, 0.717) is 0 Å². The molecule has 1 aliphatic rings. The zero-order valence-electron chi connectivity index (χ0n) is 8.55. The van der Waals surface area contributed by atoms with Crippen LogP contribution in [0.25, 0.3) is 0 Å². The van der Waals surface area contributed by atoms with Gasteiger partial charge in [-0.3, -0.25) is 0 Å². The molecule has 1 rings (SSSR count). The predicted octanol–water partition coefficient (Wildman–Crippen LogP) is 3.82. The molecule has 1 unspecified atom stereocenters. The standard InChI is InChI=1S/C12H19N/c1-2-4-11-5-3-6-12(8-7-11)9-10-13/h9,11H,2-8H2,1H3. The van der Waals surface area contributed by atoms with E-state index in [2.05, 4.69) is 13.0 Å². The van der Waals surface area contributed by atoms with Crippen molar-refractivity contribution in [1.29, 1.82) is 5.26 Å². The summed E-state index contributed by atoms with van der Waals surface area (Å²) in [7, 11) is 0. The summed E-state index contributed by atoms with van der Waals surface area (Å²) in [6.07, 6.45) is 10.7. The molecule has 0 aromatic heterocycles. The fourth-order valence-corrected chi connectivity index (χ4v) is 2.21. The van der Waals surface area contributed by atoms with Crippen LogP contribution in [-0.2, 0) is 0 Å². The second kappa shape index (κ2) is 5.80. The van der Waals surface area contributed by atoms with Crippen molar-refractivity contribution in [3.63, 3.8) is 0 Å². The minimum Gasteiger partial charge on any atom is -0.193 e. The lowest BCUT2D eigenvalue weighted by Gasteiger charge is -2.10. The zero-order chi connectivity index (χ0) is 9.52. The second-order valence-corrected chi connectivity index (χ2v) is 4.02. The average Bonchev–Trinajstić information content (AvgIpc) is 2.33. The molecule has 1 atom stereocenters. The Labute approximate surface area is 81.5 Å². The molecule has 0 aromatic carbocycles. The first-order valence-corrected chi connectivity index (χ1v) is 5.44. The Morgan fingerprint density at radius 2 is 2.31 bits per heavy atom. The van der Waals surface area contributed by atoms with Gasteiger partial charge in [-0.1, -0.05) is 31.8 Å². The highest BCUT2D eigenvalue weighted by Gasteiger charge is 2.13. The molecule has 0 bridgehead atoms. The molecule has 0 saturated heterocycles. The van der Waals surface area contributed by atoms with Crippen LogP contribution < -0.4 is 0 Å². The number of allylic oxidation sites excluding steroid dienone is 2. The van der Waals surface area contributed by atoms with Gasteiger partial charge in [0.1, 0.15) is 0 Å². The highest BCUT2D eigenvalue weighted by atomic mass is 14.2. The lowest BCUT2D eigenvalue weighted by atomic mass is 9.95. The molecule has 0 radical (unpaired) electrons. The smallest absolute Gasteiger partial charge is 0.0911 e. The van der Waals surface area contributed by atoms with Gasteiger partial charge in [-0.25, -0.2) is 0 Å². The molecule has 0 amide bonds. The molecule has 1 saturated carbocycles. The summed E-state index contributed by atoms with van der Waals surface area (Å²) >= 11 is 0. The summed E-state index contributed by atoms with van der Waals surface area (Å²) in [4.78, 5) is 0. The summed E-state index contributed by atoms with van der Waals surface area (Å²) in [5.74, 6) is 0.926. The molecule has 1 aliphatic carbocycles. The molecule has 0 spiro atoms. The Hall–Kier alpha value is -0.770. The fourth-order valence-electron chi connectivity index (χ4n) is 2.21. The van der Waals surface area contributed by atoms with Crippen LogP contribution >= 0.6 is 0 Å². The van der Waals surface area contributed by atoms with Crippen molar-refractivity contribution < 1.29 is 0 Å². The Bertz CT molecular complexity index is 210. The van der Waals surface area contributed by atoms with Crippen LogP contribution in [-0.4, -0.2) is 0 Å². The third-order valence-corrected chi connectivity index (χ3v) is 2.95. The lowest BCUT2D eigenvalue weighted by molar-refractivity contribution is 0.426. The van der Waals surface area contributed by atoms with Gasteiger partial charge in [-0.05, 0) is 31.6 Å². The third-order valence-electron chi connectivity index (χ3n) is 2.95. The number of hydrogen-bond donors (Lipinski definition) is 0. The van der Waals surface area contributed by atoms with Gasteiger partial charge in [0.25, 0.3) is 0 Å². The van der Waals surface area contributed by atoms with Crippen LogP contribution in [0.3, 0.4) is 0 Å². The molecule has 0 aromatic rings. The van der Waals surface area contributed by atoms with Gasteiger partial charge < -0.3 is 0 Å². The Morgan fingerprint density at radius 3 is 3.00 bits per heavy atom. The van der Waals surface area contributed by atoms with E-state index in [1.165, 1.54) is 37.7 Å². The number of rotatable bonds is 2. The summed E-state index contributed by atoms with van der Waals surface area (Å²) in [6, 6.07) is 2.15. The van der Waals surface area contributed by atoms with E-state index in [1.54, 1.807) is 6.08 Å². The van der Waals surface area contributed by atoms with Crippen LogP contribution in [0.15, 0.2) is 11.6 Å². The maximum absolute atomic E-state index is 8.55. The van der Waals surface area contributed by atoms with Gasteiger partial charge >= 0.3 is 0 Å². The van der Waals surface area contributed by atoms with Gasteiger partial charge in [-0.2, -0.15) is 5.26 Å². The summed E-state index contributed by atoms with van der Waals surface area (Å²) in [6.45, 7) is 2.26. The average molecular weight is 177 g/mol. The minimum atomic E-state index is 0.926. The lowest BCUT2D eigenvalue weighted by Crippen LogP contribution is -1.96. The monoisotopic (exact) mass is 177 g/mol. The zero-order valence-corrected chi connectivity index (χ0v) is 8.55. The van der Waals surface area contributed by atoms with Crippen molar-refractivity contribution in [3.8, 4) is 6.07 Å². The fraction of sp³-hybridized carbons (Fsp3) is 0.750. The van der Waals surface area contributed by atoms with Crippen LogP contribution in [0.1, 0.15) is 51.9 Å². The van der Waals surface area contributed by atoms with Gasteiger partial charge in [0, 0.05) is 6.08 Å². The molecule has 1 heteroatoms. The largest absolute Gasteiger partial charge is 0.193 e. The van der Waals surface area contributed by atoms with Gasteiger partial charge in [0.05, 0.1) is 6.07 Å². The second-order valence-electron chi connectivity index (χ2n) is 4.02. The molecule has 13 heavy (non-hydrogen) atoms. The van der Waals surface area contributed by atoms with E-state index in [0.717, 1.165) is 18.8 Å². The highest BCUT2D eigenvalue weighted by Crippen LogP contribution is 2.29. The van der Waals surface area contributed by atoms with Crippen LogP contribution in [0, 0.1) is 17.2 Å². The molecule has 0 N–H and O–H groups in total. The molecule has 1 nitrogen and oxygen atoms in total. The summed E-state index contributed by atoms with van der Waals surface area (Å²) < 4.78 is 0. The van der Waals surface area contributed by atoms with Crippen LogP contribution in [0.2, 0.25) is 0 Å². The van der Waals surface area contributed by atoms with Gasteiger partial charge in [0.15, 0.2) is 0 Å². The van der Waals surface area contributed by atoms with E-state index in [-0.39, 0.29) is 0 Å². The van der Waals surface area contributed by atoms with Crippen molar-refractivity contribution in [2.24, 2.45) is 5.92 Å². The van der Waals surface area contributed by atoms with E-state index in [4.69, 9.17) is 5.26 Å². The quantitative estimate of drug-likeness (QED) is 0.464. The van der Waals surface area contributed by atoms with Crippen LogP contribution in [0.5, 0.6) is 0 Å². The van der Waals surface area contributed by atoms with E-state index < -0.39 is 0 Å². The number of hydrogen-bond acceptors (Lipinski definition) is 1. The Balaban J connectivity index is 2.40. The molecule has 0 heterocycles. The first-order valence-electron chi connectivity index (χ1n) is 5.44. The summed E-state index contributed by atoms with van der Waals surface area (Å²) in [5, 5.41) is 8.55. The Morgan fingerprint density at radius 1 is 1.46 bits per heavy atom. The van der Waals surface area contributed by atoms with E-state index in [1.807, 2.05) is 0 Å². The van der Waals surface area contributed by atoms with Crippen molar-refractivity contribution >= 4 is 0 Å². The van der Waals surface area contributed by atoms with Gasteiger partial charge in [-0.15, -0.1) is 0 Å². The molecule has 1 fully saturated rings. The predicted molar refractivity (Wildman–Crippen MR) is 55.2 cm³/mol. The number of nitrogens with zero attached hydrogens (tertiary/aromatic N) is 1. The molecule has 0 aliphatic heterocycles. The first-order chi connectivity index (χ1) is 6.36. The van der Waals surface area contributed by atoms with E-state index in [9.17, 15) is 0 Å². The Kier molecular flexibility index (Phi) is 4.60. The van der Waals surface area contributed by atoms with Crippen molar-refractivity contribution in [1.82, 2.24) is 0 Å². The van der Waals surface area contributed by atoms with Crippen molar-refractivity contribution in [2.45, 2.75) is 51.9 Å². The van der Waals surface area contributed by atoms with Crippen LogP contribution in [0.4, 0.5) is 0 Å². The molecule has 72 valence electrons. The normalized spacial score (nSPS) is 26.8. The number of nitriles is 1. The highest BCUT2D eigenvalue weighted by molar-refractivity contribution is 5.14. The minimum absolute atomic E-state index is 0.926. The molecular weight excluding hydrogens is 158 g/mol.